The number of halogens is 1. The Labute approximate surface area is 88.1 Å². The number of nitrogens with one attached hydrogen (secondary N) is 1. The molecule has 0 aliphatic heterocycles. The molecule has 0 amide bonds. The summed E-state index contributed by atoms with van der Waals surface area (Å²) < 4.78 is 0. The van der Waals surface area contributed by atoms with Gasteiger partial charge in [-0.1, -0.05) is 6.92 Å². The normalized spacial score (nSPS) is 12.5. The number of aromatic nitrogens is 3. The van der Waals surface area contributed by atoms with Crippen LogP contribution >= 0.6 is 11.6 Å². The molecule has 0 aliphatic carbocycles. The first-order chi connectivity index (χ1) is 6.65. The molecule has 1 atom stereocenters. The van der Waals surface area contributed by atoms with Crippen LogP contribution in [0.4, 0.5) is 11.9 Å². The van der Waals surface area contributed by atoms with Gasteiger partial charge in [-0.05, 0) is 13.3 Å². The first kappa shape index (κ1) is 11.0. The van der Waals surface area contributed by atoms with Gasteiger partial charge in [-0.2, -0.15) is 15.0 Å². The number of alkyl halides is 1. The summed E-state index contributed by atoms with van der Waals surface area (Å²) in [5, 5.41) is 3.11. The average Bonchev–Trinajstić information content (AvgIpc) is 2.16. The van der Waals surface area contributed by atoms with Gasteiger partial charge in [0, 0.05) is 6.04 Å². The van der Waals surface area contributed by atoms with E-state index < -0.39 is 0 Å². The van der Waals surface area contributed by atoms with E-state index in [9.17, 15) is 0 Å². The smallest absolute Gasteiger partial charge is 0.227 e. The molecule has 1 aromatic rings. The number of nitrogens with zero attached hydrogens (tertiary/aromatic N) is 3. The van der Waals surface area contributed by atoms with Gasteiger partial charge in [-0.25, -0.2) is 0 Å². The van der Waals surface area contributed by atoms with Crippen molar-refractivity contribution in [2.45, 2.75) is 32.2 Å². The van der Waals surface area contributed by atoms with Crippen LogP contribution in [-0.4, -0.2) is 21.0 Å². The van der Waals surface area contributed by atoms with E-state index in [1.807, 2.05) is 6.92 Å². The molecule has 1 aromatic heterocycles. The molecule has 14 heavy (non-hydrogen) atoms. The van der Waals surface area contributed by atoms with Crippen LogP contribution in [0.3, 0.4) is 0 Å². The van der Waals surface area contributed by atoms with Crippen LogP contribution < -0.4 is 11.1 Å². The molecule has 6 heteroatoms. The third-order valence-corrected chi connectivity index (χ3v) is 2.05. The highest BCUT2D eigenvalue weighted by molar-refractivity contribution is 6.16. The predicted octanol–water partition coefficient (Wildman–Crippen LogP) is 1.40. The monoisotopic (exact) mass is 215 g/mol. The summed E-state index contributed by atoms with van der Waals surface area (Å²) in [6, 6.07) is 0.306. The molecule has 78 valence electrons. The van der Waals surface area contributed by atoms with E-state index in [1.54, 1.807) is 0 Å². The van der Waals surface area contributed by atoms with Crippen LogP contribution in [-0.2, 0) is 5.88 Å². The highest BCUT2D eigenvalue weighted by atomic mass is 35.5. The van der Waals surface area contributed by atoms with Gasteiger partial charge in [0.2, 0.25) is 11.9 Å². The van der Waals surface area contributed by atoms with E-state index in [0.29, 0.717) is 17.8 Å². The van der Waals surface area contributed by atoms with E-state index in [4.69, 9.17) is 17.3 Å². The van der Waals surface area contributed by atoms with Gasteiger partial charge in [0.05, 0.1) is 5.88 Å². The van der Waals surface area contributed by atoms with E-state index in [-0.39, 0.29) is 11.8 Å². The molecule has 0 spiro atoms. The van der Waals surface area contributed by atoms with Gasteiger partial charge in [0.1, 0.15) is 0 Å². The summed E-state index contributed by atoms with van der Waals surface area (Å²) in [5.74, 6) is 1.41. The Balaban J connectivity index is 2.81. The SMILES string of the molecule is CCC(C)Nc1nc(N)nc(CCl)n1. The molecular formula is C8H14ClN5. The third kappa shape index (κ3) is 2.99. The lowest BCUT2D eigenvalue weighted by Crippen LogP contribution is -2.17. The first-order valence-corrected chi connectivity index (χ1v) is 5.02. The van der Waals surface area contributed by atoms with Crippen LogP contribution in [0.5, 0.6) is 0 Å². The van der Waals surface area contributed by atoms with Crippen molar-refractivity contribution in [3.05, 3.63) is 5.82 Å². The Kier molecular flexibility index (Phi) is 3.88. The van der Waals surface area contributed by atoms with E-state index in [0.717, 1.165) is 6.42 Å². The van der Waals surface area contributed by atoms with Gasteiger partial charge >= 0.3 is 0 Å². The molecule has 0 bridgehead atoms. The van der Waals surface area contributed by atoms with Crippen molar-refractivity contribution >= 4 is 23.5 Å². The van der Waals surface area contributed by atoms with Crippen molar-refractivity contribution in [1.82, 2.24) is 15.0 Å². The first-order valence-electron chi connectivity index (χ1n) is 4.48. The number of nitrogens with two attached hydrogens (primary N) is 1. The molecule has 1 rings (SSSR count). The molecule has 0 aliphatic rings. The molecule has 0 saturated carbocycles. The maximum Gasteiger partial charge on any atom is 0.227 e. The van der Waals surface area contributed by atoms with Crippen molar-refractivity contribution < 1.29 is 0 Å². The van der Waals surface area contributed by atoms with Crippen molar-refractivity contribution in [2.24, 2.45) is 0 Å². The fourth-order valence-electron chi connectivity index (χ4n) is 0.885. The lowest BCUT2D eigenvalue weighted by molar-refractivity contribution is 0.749. The van der Waals surface area contributed by atoms with Gasteiger partial charge in [0.15, 0.2) is 5.82 Å². The Morgan fingerprint density at radius 1 is 1.43 bits per heavy atom. The zero-order chi connectivity index (χ0) is 10.6. The zero-order valence-corrected chi connectivity index (χ0v) is 9.04. The second-order valence-corrected chi connectivity index (χ2v) is 3.29. The lowest BCUT2D eigenvalue weighted by Gasteiger charge is -2.11. The second-order valence-electron chi connectivity index (χ2n) is 3.02. The summed E-state index contributed by atoms with van der Waals surface area (Å²) in [5.41, 5.74) is 5.49. The minimum Gasteiger partial charge on any atom is -0.368 e. The summed E-state index contributed by atoms with van der Waals surface area (Å²) in [7, 11) is 0. The molecule has 1 heterocycles. The fraction of sp³-hybridized carbons (Fsp3) is 0.625. The minimum absolute atomic E-state index is 0.196. The largest absolute Gasteiger partial charge is 0.368 e. The maximum absolute atomic E-state index is 5.61. The van der Waals surface area contributed by atoms with E-state index in [1.165, 1.54) is 0 Å². The topological polar surface area (TPSA) is 76.7 Å². The standard InChI is InChI=1S/C8H14ClN5/c1-3-5(2)11-8-13-6(4-9)12-7(10)14-8/h5H,3-4H2,1-2H3,(H3,10,11,12,13,14). The number of rotatable bonds is 4. The number of anilines is 2. The van der Waals surface area contributed by atoms with Gasteiger partial charge < -0.3 is 11.1 Å². The van der Waals surface area contributed by atoms with Gasteiger partial charge in [0.25, 0.3) is 0 Å². The quantitative estimate of drug-likeness (QED) is 0.743. The highest BCUT2D eigenvalue weighted by Crippen LogP contribution is 2.06. The predicted molar refractivity (Wildman–Crippen MR) is 57.2 cm³/mol. The Morgan fingerprint density at radius 3 is 2.71 bits per heavy atom. The van der Waals surface area contributed by atoms with Crippen LogP contribution in [0.25, 0.3) is 0 Å². The van der Waals surface area contributed by atoms with Crippen LogP contribution in [0.2, 0.25) is 0 Å². The van der Waals surface area contributed by atoms with Crippen molar-refractivity contribution in [3.63, 3.8) is 0 Å². The minimum atomic E-state index is 0.196. The molecular weight excluding hydrogens is 202 g/mol. The summed E-state index contributed by atoms with van der Waals surface area (Å²) in [4.78, 5) is 11.9. The summed E-state index contributed by atoms with van der Waals surface area (Å²) in [6.07, 6.45) is 0.988. The second kappa shape index (κ2) is 4.95. The third-order valence-electron chi connectivity index (χ3n) is 1.81. The molecule has 0 aromatic carbocycles. The van der Waals surface area contributed by atoms with Crippen LogP contribution in [0.15, 0.2) is 0 Å². The van der Waals surface area contributed by atoms with E-state index in [2.05, 4.69) is 27.2 Å². The zero-order valence-electron chi connectivity index (χ0n) is 8.29. The van der Waals surface area contributed by atoms with Crippen molar-refractivity contribution in [1.29, 1.82) is 0 Å². The molecule has 0 radical (unpaired) electrons. The maximum atomic E-state index is 5.61. The number of hydrogen-bond donors (Lipinski definition) is 2. The van der Waals surface area contributed by atoms with Crippen molar-refractivity contribution in [3.8, 4) is 0 Å². The summed E-state index contributed by atoms with van der Waals surface area (Å²) in [6.45, 7) is 4.12. The van der Waals surface area contributed by atoms with Crippen molar-refractivity contribution in [2.75, 3.05) is 11.1 Å². The number of hydrogen-bond acceptors (Lipinski definition) is 5. The molecule has 0 fully saturated rings. The van der Waals surface area contributed by atoms with Crippen LogP contribution in [0.1, 0.15) is 26.1 Å². The Morgan fingerprint density at radius 2 is 2.14 bits per heavy atom. The molecule has 3 N–H and O–H groups in total. The molecule has 1 unspecified atom stereocenters. The average molecular weight is 216 g/mol. The Hall–Kier alpha value is -1.10. The fourth-order valence-corrected chi connectivity index (χ4v) is 1.00. The van der Waals surface area contributed by atoms with Crippen LogP contribution in [0, 0.1) is 0 Å². The molecule has 5 nitrogen and oxygen atoms in total. The van der Waals surface area contributed by atoms with E-state index >= 15 is 0 Å². The highest BCUT2D eigenvalue weighted by Gasteiger charge is 2.05. The summed E-state index contributed by atoms with van der Waals surface area (Å²) >= 11 is 5.61. The van der Waals surface area contributed by atoms with Gasteiger partial charge in [-0.15, -0.1) is 11.6 Å². The molecule has 0 saturated heterocycles. The van der Waals surface area contributed by atoms with Gasteiger partial charge in [-0.3, -0.25) is 0 Å². The lowest BCUT2D eigenvalue weighted by atomic mass is 10.3. The Bertz CT molecular complexity index is 304. The number of nitrogen functional groups attached to an aromatic ring is 1.